The minimum atomic E-state index is -0.944. The van der Waals surface area contributed by atoms with Crippen molar-refractivity contribution in [2.75, 3.05) is 6.54 Å². The van der Waals surface area contributed by atoms with Gasteiger partial charge in [0.15, 0.2) is 17.4 Å². The molecule has 2 rings (SSSR count). The van der Waals surface area contributed by atoms with Crippen molar-refractivity contribution in [3.63, 3.8) is 0 Å². The number of Topliss-reactive ketones (excluding diaryl/α,β-unsaturated/α-hetero) is 1. The van der Waals surface area contributed by atoms with Crippen molar-refractivity contribution in [3.05, 3.63) is 35.4 Å². The molecule has 1 aromatic rings. The van der Waals surface area contributed by atoms with Gasteiger partial charge in [-0.25, -0.2) is 13.8 Å². The van der Waals surface area contributed by atoms with Gasteiger partial charge in [0.25, 0.3) is 0 Å². The Morgan fingerprint density at radius 2 is 1.91 bits per heavy atom. The predicted octanol–water partition coefficient (Wildman–Crippen LogP) is 3.06. The quantitative estimate of drug-likeness (QED) is 0.755. The first-order chi connectivity index (χ1) is 11.0. The van der Waals surface area contributed by atoms with E-state index in [1.807, 2.05) is 13.8 Å². The van der Waals surface area contributed by atoms with Crippen molar-refractivity contribution >= 4 is 11.7 Å². The lowest BCUT2D eigenvalue weighted by Gasteiger charge is -2.43. The van der Waals surface area contributed by atoms with E-state index < -0.39 is 11.6 Å². The minimum Gasteiger partial charge on any atom is -0.297 e. The number of amides is 1. The summed E-state index contributed by atoms with van der Waals surface area (Å²) in [7, 11) is 0. The second kappa shape index (κ2) is 7.64. The molecule has 1 amide bonds. The van der Waals surface area contributed by atoms with Gasteiger partial charge in [-0.05, 0) is 18.9 Å². The highest BCUT2D eigenvalue weighted by molar-refractivity contribution is 6.02. The Hall–Kier alpha value is -1.82. The summed E-state index contributed by atoms with van der Waals surface area (Å²) in [5, 5.41) is 3.13. The normalized spacial score (nSPS) is 19.5. The molecule has 0 radical (unpaired) electrons. The van der Waals surface area contributed by atoms with Crippen LogP contribution in [0, 0.1) is 11.6 Å². The molecule has 6 heteroatoms. The van der Waals surface area contributed by atoms with Gasteiger partial charge in [-0.3, -0.25) is 14.6 Å². The van der Waals surface area contributed by atoms with Gasteiger partial charge in [0.05, 0.1) is 19.0 Å². The van der Waals surface area contributed by atoms with Crippen LogP contribution in [0.5, 0.6) is 0 Å². The summed E-state index contributed by atoms with van der Waals surface area (Å²) in [5.41, 5.74) is 0.115. The Bertz CT molecular complexity index is 592. The van der Waals surface area contributed by atoms with E-state index in [9.17, 15) is 18.4 Å². The van der Waals surface area contributed by atoms with Crippen LogP contribution in [0.3, 0.4) is 0 Å². The molecule has 0 saturated carbocycles. The molecule has 1 heterocycles. The fourth-order valence-corrected chi connectivity index (χ4v) is 2.94. The summed E-state index contributed by atoms with van der Waals surface area (Å²) in [6, 6.07) is 3.56. The molecule has 0 spiro atoms. The van der Waals surface area contributed by atoms with E-state index in [-0.39, 0.29) is 36.3 Å². The molecular formula is C17H22F2N2O2. The highest BCUT2D eigenvalue weighted by Gasteiger charge is 2.38. The zero-order valence-electron chi connectivity index (χ0n) is 13.5. The highest BCUT2D eigenvalue weighted by Crippen LogP contribution is 2.24. The number of benzene rings is 1. The van der Waals surface area contributed by atoms with Gasteiger partial charge < -0.3 is 0 Å². The molecule has 0 aliphatic carbocycles. The maximum absolute atomic E-state index is 13.9. The number of halogens is 2. The predicted molar refractivity (Wildman–Crippen MR) is 82.2 cm³/mol. The molecule has 23 heavy (non-hydrogen) atoms. The second-order valence-corrected chi connectivity index (χ2v) is 5.77. The summed E-state index contributed by atoms with van der Waals surface area (Å²) < 4.78 is 27.3. The fraction of sp³-hybridized carbons (Fsp3) is 0.529. The number of hydrogen-bond acceptors (Lipinski definition) is 3. The third-order valence-corrected chi connectivity index (χ3v) is 4.02. The first kappa shape index (κ1) is 17.5. The van der Waals surface area contributed by atoms with Gasteiger partial charge in [-0.1, -0.05) is 32.4 Å². The molecule has 4 nitrogen and oxygen atoms in total. The van der Waals surface area contributed by atoms with Crippen molar-refractivity contribution < 1.29 is 18.4 Å². The summed E-state index contributed by atoms with van der Waals surface area (Å²) in [5.74, 6) is -2.34. The Balaban J connectivity index is 2.30. The summed E-state index contributed by atoms with van der Waals surface area (Å²) >= 11 is 0. The van der Waals surface area contributed by atoms with Gasteiger partial charge in [-0.15, -0.1) is 0 Å². The van der Waals surface area contributed by atoms with Crippen molar-refractivity contribution in [1.29, 1.82) is 0 Å². The number of hydrogen-bond donors (Lipinski definition) is 0. The van der Waals surface area contributed by atoms with Crippen molar-refractivity contribution in [3.8, 4) is 0 Å². The number of carbonyl (C=O) groups is 2. The highest BCUT2D eigenvalue weighted by atomic mass is 19.2. The van der Waals surface area contributed by atoms with Crippen molar-refractivity contribution in [2.45, 2.75) is 52.1 Å². The minimum absolute atomic E-state index is 0.0596. The lowest BCUT2D eigenvalue weighted by atomic mass is 10.0. The molecule has 126 valence electrons. The number of nitrogens with zero attached hydrogens (tertiary/aromatic N) is 2. The van der Waals surface area contributed by atoms with E-state index >= 15 is 0 Å². The monoisotopic (exact) mass is 324 g/mol. The summed E-state index contributed by atoms with van der Waals surface area (Å²) in [6.45, 7) is 4.40. The molecule has 1 aliphatic heterocycles. The first-order valence-corrected chi connectivity index (χ1v) is 8.02. The topological polar surface area (TPSA) is 40.6 Å². The number of rotatable bonds is 6. The Kier molecular flexibility index (Phi) is 5.82. The van der Waals surface area contributed by atoms with E-state index in [1.54, 1.807) is 5.01 Å². The van der Waals surface area contributed by atoms with Crippen LogP contribution in [-0.2, 0) is 16.1 Å². The average molecular weight is 324 g/mol. The van der Waals surface area contributed by atoms with Crippen LogP contribution in [-0.4, -0.2) is 34.3 Å². The van der Waals surface area contributed by atoms with Crippen LogP contribution in [0.4, 0.5) is 8.78 Å². The Morgan fingerprint density at radius 3 is 2.57 bits per heavy atom. The van der Waals surface area contributed by atoms with Gasteiger partial charge >= 0.3 is 0 Å². The molecule has 1 fully saturated rings. The SMILES string of the molecule is CCCC1C(=O)CC(=O)N(Cc2cccc(F)c2F)N1CCC. The zero-order valence-corrected chi connectivity index (χ0v) is 13.5. The van der Waals surface area contributed by atoms with Crippen LogP contribution >= 0.6 is 0 Å². The maximum atomic E-state index is 13.9. The molecule has 1 saturated heterocycles. The largest absolute Gasteiger partial charge is 0.297 e. The number of ketones is 1. The molecule has 0 N–H and O–H groups in total. The molecule has 1 atom stereocenters. The van der Waals surface area contributed by atoms with Crippen LogP contribution in [0.2, 0.25) is 0 Å². The lowest BCUT2D eigenvalue weighted by molar-refractivity contribution is -0.171. The van der Waals surface area contributed by atoms with Crippen LogP contribution in [0.15, 0.2) is 18.2 Å². The number of carbonyl (C=O) groups excluding carboxylic acids is 2. The van der Waals surface area contributed by atoms with E-state index in [4.69, 9.17) is 0 Å². The average Bonchev–Trinajstić information content (AvgIpc) is 2.51. The molecular weight excluding hydrogens is 302 g/mol. The summed E-state index contributed by atoms with van der Waals surface area (Å²) in [6.07, 6.45) is 2.03. The fourth-order valence-electron chi connectivity index (χ4n) is 2.94. The molecule has 0 aromatic heterocycles. The van der Waals surface area contributed by atoms with Gasteiger partial charge in [0.1, 0.15) is 0 Å². The molecule has 1 aromatic carbocycles. The van der Waals surface area contributed by atoms with E-state index in [2.05, 4.69) is 0 Å². The van der Waals surface area contributed by atoms with Gasteiger partial charge in [-0.2, -0.15) is 0 Å². The Morgan fingerprint density at radius 1 is 1.17 bits per heavy atom. The first-order valence-electron chi connectivity index (χ1n) is 8.02. The van der Waals surface area contributed by atoms with E-state index in [0.29, 0.717) is 13.0 Å². The number of hydrazine groups is 1. The van der Waals surface area contributed by atoms with E-state index in [1.165, 1.54) is 17.1 Å². The van der Waals surface area contributed by atoms with Crippen LogP contribution in [0.25, 0.3) is 0 Å². The van der Waals surface area contributed by atoms with Gasteiger partial charge in [0, 0.05) is 12.1 Å². The standard InChI is InChI=1S/C17H22F2N2O2/c1-3-6-14-15(22)10-16(23)21(20(14)9-4-2)11-12-7-5-8-13(18)17(12)19/h5,7-8,14H,3-4,6,9-11H2,1-2H3. The summed E-state index contributed by atoms with van der Waals surface area (Å²) in [4.78, 5) is 24.5. The van der Waals surface area contributed by atoms with Crippen molar-refractivity contribution in [1.82, 2.24) is 10.0 Å². The molecule has 1 unspecified atom stereocenters. The van der Waals surface area contributed by atoms with Crippen LogP contribution in [0.1, 0.15) is 45.1 Å². The van der Waals surface area contributed by atoms with E-state index in [0.717, 1.165) is 18.9 Å². The van der Waals surface area contributed by atoms with Gasteiger partial charge in [0.2, 0.25) is 5.91 Å². The molecule has 0 bridgehead atoms. The third kappa shape index (κ3) is 3.75. The maximum Gasteiger partial charge on any atom is 0.244 e. The van der Waals surface area contributed by atoms with Crippen LogP contribution < -0.4 is 0 Å². The Labute approximate surface area is 135 Å². The van der Waals surface area contributed by atoms with Crippen molar-refractivity contribution in [2.24, 2.45) is 0 Å². The zero-order chi connectivity index (χ0) is 17.0. The molecule has 1 aliphatic rings. The third-order valence-electron chi connectivity index (χ3n) is 4.02. The lowest BCUT2D eigenvalue weighted by Crippen LogP contribution is -2.59. The smallest absolute Gasteiger partial charge is 0.244 e. The second-order valence-electron chi connectivity index (χ2n) is 5.77.